The number of nitrogens with zero attached hydrogens (tertiary/aromatic N) is 1. The molecule has 3 rings (SSSR count). The minimum Gasteiger partial charge on any atom is -0.496 e. The molecule has 0 aliphatic carbocycles. The van der Waals surface area contributed by atoms with Gasteiger partial charge in [0.2, 0.25) is 15.9 Å². The number of anilines is 1. The Morgan fingerprint density at radius 1 is 1.06 bits per heavy atom. The molecule has 1 N–H and O–H groups in total. The maximum atomic E-state index is 13.1. The van der Waals surface area contributed by atoms with Crippen LogP contribution in [0.25, 0.3) is 0 Å². The molecule has 9 heteroatoms. The van der Waals surface area contributed by atoms with Gasteiger partial charge in [-0.3, -0.25) is 4.79 Å². The number of aryl methyl sites for hydroxylation is 2. The molecule has 2 aromatic carbocycles. The first kappa shape index (κ1) is 23.1. The second-order valence-corrected chi connectivity index (χ2v) is 9.14. The number of morpholine rings is 1. The molecule has 1 aliphatic heterocycles. The molecular weight excluding hydrogens is 420 g/mol. The van der Waals surface area contributed by atoms with Crippen LogP contribution in [0, 0.1) is 6.92 Å². The number of amides is 1. The second-order valence-electron chi connectivity index (χ2n) is 7.23. The van der Waals surface area contributed by atoms with E-state index < -0.39 is 10.0 Å². The summed E-state index contributed by atoms with van der Waals surface area (Å²) in [6, 6.07) is 10.4. The third-order valence-corrected chi connectivity index (χ3v) is 7.06. The number of nitrogens with one attached hydrogen (secondary N) is 1. The summed E-state index contributed by atoms with van der Waals surface area (Å²) >= 11 is 0. The lowest BCUT2D eigenvalue weighted by Crippen LogP contribution is -2.40. The molecule has 1 amide bonds. The quantitative estimate of drug-likeness (QED) is 0.667. The molecular formula is C22H28N2O6S. The second kappa shape index (κ2) is 10.1. The van der Waals surface area contributed by atoms with Crippen LogP contribution in [0.5, 0.6) is 11.5 Å². The molecule has 168 valence electrons. The van der Waals surface area contributed by atoms with Crippen molar-refractivity contribution >= 4 is 21.6 Å². The van der Waals surface area contributed by atoms with Crippen LogP contribution < -0.4 is 14.8 Å². The Bertz CT molecular complexity index is 1030. The fraction of sp³-hybridized carbons (Fsp3) is 0.409. The summed E-state index contributed by atoms with van der Waals surface area (Å²) in [4.78, 5) is 12.5. The summed E-state index contributed by atoms with van der Waals surface area (Å²) < 4.78 is 43.3. The number of sulfonamides is 1. The van der Waals surface area contributed by atoms with Crippen molar-refractivity contribution in [1.29, 1.82) is 0 Å². The van der Waals surface area contributed by atoms with Gasteiger partial charge in [-0.05, 0) is 48.7 Å². The van der Waals surface area contributed by atoms with Crippen molar-refractivity contribution in [2.75, 3.05) is 45.8 Å². The lowest BCUT2D eigenvalue weighted by molar-refractivity contribution is -0.116. The number of methoxy groups -OCH3 is 2. The SMILES string of the molecule is COc1ccc(CCC(=O)Nc2ccc(OC)c(S(=O)(=O)N3CCOCC3)c2)cc1C. The first-order valence-electron chi connectivity index (χ1n) is 10.0. The average molecular weight is 449 g/mol. The van der Waals surface area contributed by atoms with Gasteiger partial charge in [0, 0.05) is 25.2 Å². The molecule has 0 atom stereocenters. The number of carbonyl (C=O) groups is 1. The predicted octanol–water partition coefficient (Wildman–Crippen LogP) is 2.60. The van der Waals surface area contributed by atoms with Gasteiger partial charge in [-0.1, -0.05) is 12.1 Å². The van der Waals surface area contributed by atoms with Gasteiger partial charge in [0.15, 0.2) is 0 Å². The van der Waals surface area contributed by atoms with E-state index >= 15 is 0 Å². The minimum absolute atomic E-state index is 0.0282. The fourth-order valence-electron chi connectivity index (χ4n) is 3.46. The molecule has 0 unspecified atom stereocenters. The molecule has 0 saturated carbocycles. The number of ether oxygens (including phenoxy) is 3. The standard InChI is InChI=1S/C22H28N2O6S/c1-16-14-17(4-7-19(16)28-2)5-9-22(25)23-18-6-8-20(29-3)21(15-18)31(26,27)24-10-12-30-13-11-24/h4,6-8,14-15H,5,9-13H2,1-3H3,(H,23,25). The Morgan fingerprint density at radius 2 is 1.74 bits per heavy atom. The van der Waals surface area contributed by atoms with Crippen LogP contribution in [0.2, 0.25) is 0 Å². The molecule has 1 aliphatic rings. The van der Waals surface area contributed by atoms with Gasteiger partial charge >= 0.3 is 0 Å². The zero-order valence-corrected chi connectivity index (χ0v) is 18.8. The van der Waals surface area contributed by atoms with Crippen LogP contribution in [-0.4, -0.2) is 59.2 Å². The normalized spacial score (nSPS) is 14.8. The summed E-state index contributed by atoms with van der Waals surface area (Å²) in [7, 11) is -0.722. The Labute approximate surface area is 183 Å². The molecule has 0 bridgehead atoms. The van der Waals surface area contributed by atoms with Crippen molar-refractivity contribution in [2.24, 2.45) is 0 Å². The summed E-state index contributed by atoms with van der Waals surface area (Å²) in [5, 5.41) is 2.79. The highest BCUT2D eigenvalue weighted by molar-refractivity contribution is 7.89. The third-order valence-electron chi connectivity index (χ3n) is 5.14. The van der Waals surface area contributed by atoms with Crippen molar-refractivity contribution in [3.8, 4) is 11.5 Å². The smallest absolute Gasteiger partial charge is 0.246 e. The van der Waals surface area contributed by atoms with Gasteiger partial charge in [-0.2, -0.15) is 4.31 Å². The molecule has 1 fully saturated rings. The zero-order valence-electron chi connectivity index (χ0n) is 18.0. The summed E-state index contributed by atoms with van der Waals surface area (Å²) in [5.41, 5.74) is 2.44. The molecule has 0 spiro atoms. The van der Waals surface area contributed by atoms with Crippen molar-refractivity contribution in [2.45, 2.75) is 24.7 Å². The van der Waals surface area contributed by atoms with Gasteiger partial charge in [0.25, 0.3) is 0 Å². The summed E-state index contributed by atoms with van der Waals surface area (Å²) in [6.07, 6.45) is 0.828. The van der Waals surface area contributed by atoms with Crippen LogP contribution in [0.1, 0.15) is 17.5 Å². The van der Waals surface area contributed by atoms with Gasteiger partial charge in [-0.25, -0.2) is 8.42 Å². The fourth-order valence-corrected chi connectivity index (χ4v) is 5.05. The van der Waals surface area contributed by atoms with E-state index in [1.54, 1.807) is 19.2 Å². The Balaban J connectivity index is 1.70. The van der Waals surface area contributed by atoms with Crippen molar-refractivity contribution in [3.63, 3.8) is 0 Å². The number of hydrogen-bond acceptors (Lipinski definition) is 6. The largest absolute Gasteiger partial charge is 0.496 e. The number of rotatable bonds is 8. The van der Waals surface area contributed by atoms with E-state index in [0.29, 0.717) is 25.3 Å². The van der Waals surface area contributed by atoms with Crippen LogP contribution in [0.3, 0.4) is 0 Å². The third kappa shape index (κ3) is 5.55. The van der Waals surface area contributed by atoms with Gasteiger partial charge in [0.05, 0.1) is 27.4 Å². The lowest BCUT2D eigenvalue weighted by atomic mass is 10.1. The number of carbonyl (C=O) groups excluding carboxylic acids is 1. The Kier molecular flexibility index (Phi) is 7.53. The highest BCUT2D eigenvalue weighted by Gasteiger charge is 2.29. The molecule has 2 aromatic rings. The highest BCUT2D eigenvalue weighted by Crippen LogP contribution is 2.30. The number of benzene rings is 2. The average Bonchev–Trinajstić information content (AvgIpc) is 2.78. The molecule has 8 nitrogen and oxygen atoms in total. The summed E-state index contributed by atoms with van der Waals surface area (Å²) in [5.74, 6) is 0.840. The van der Waals surface area contributed by atoms with E-state index in [1.807, 2.05) is 25.1 Å². The van der Waals surface area contributed by atoms with E-state index in [1.165, 1.54) is 17.5 Å². The summed E-state index contributed by atoms with van der Waals surface area (Å²) in [6.45, 7) is 3.22. The van der Waals surface area contributed by atoms with Crippen molar-refractivity contribution in [3.05, 3.63) is 47.5 Å². The predicted molar refractivity (Wildman–Crippen MR) is 117 cm³/mol. The van der Waals surface area contributed by atoms with Gasteiger partial charge < -0.3 is 19.5 Å². The van der Waals surface area contributed by atoms with E-state index in [0.717, 1.165) is 16.9 Å². The maximum Gasteiger partial charge on any atom is 0.246 e. The van der Waals surface area contributed by atoms with Crippen molar-refractivity contribution < 1.29 is 27.4 Å². The van der Waals surface area contributed by atoms with E-state index in [9.17, 15) is 13.2 Å². The van der Waals surface area contributed by atoms with E-state index in [-0.39, 0.29) is 36.1 Å². The van der Waals surface area contributed by atoms with Crippen molar-refractivity contribution in [1.82, 2.24) is 4.31 Å². The number of hydrogen-bond donors (Lipinski definition) is 1. The first-order chi connectivity index (χ1) is 14.8. The highest BCUT2D eigenvalue weighted by atomic mass is 32.2. The molecule has 0 aromatic heterocycles. The molecule has 1 heterocycles. The van der Waals surface area contributed by atoms with Crippen LogP contribution in [-0.2, 0) is 26.0 Å². The zero-order chi connectivity index (χ0) is 22.4. The van der Waals surface area contributed by atoms with Crippen LogP contribution in [0.15, 0.2) is 41.3 Å². The van der Waals surface area contributed by atoms with Crippen LogP contribution >= 0.6 is 0 Å². The first-order valence-corrected chi connectivity index (χ1v) is 11.5. The monoisotopic (exact) mass is 448 g/mol. The van der Waals surface area contributed by atoms with E-state index in [4.69, 9.17) is 14.2 Å². The Hall–Kier alpha value is -2.62. The molecule has 31 heavy (non-hydrogen) atoms. The lowest BCUT2D eigenvalue weighted by Gasteiger charge is -2.26. The maximum absolute atomic E-state index is 13.1. The Morgan fingerprint density at radius 3 is 2.39 bits per heavy atom. The van der Waals surface area contributed by atoms with Gasteiger partial charge in [0.1, 0.15) is 16.4 Å². The molecule has 0 radical (unpaired) electrons. The van der Waals surface area contributed by atoms with Crippen LogP contribution in [0.4, 0.5) is 5.69 Å². The van der Waals surface area contributed by atoms with E-state index in [2.05, 4.69) is 5.32 Å². The topological polar surface area (TPSA) is 94.2 Å². The molecule has 1 saturated heterocycles. The minimum atomic E-state index is -3.76. The van der Waals surface area contributed by atoms with Gasteiger partial charge in [-0.15, -0.1) is 0 Å².